The van der Waals surface area contributed by atoms with E-state index in [1.165, 1.54) is 16.7 Å². The van der Waals surface area contributed by atoms with E-state index >= 15 is 0 Å². The maximum atomic E-state index is 13.5. The number of rotatable bonds is 11. The minimum atomic E-state index is -0.279. The van der Waals surface area contributed by atoms with Crippen molar-refractivity contribution in [2.24, 2.45) is 5.92 Å². The predicted octanol–water partition coefficient (Wildman–Crippen LogP) is 7.30. The highest BCUT2D eigenvalue weighted by Crippen LogP contribution is 2.40. The smallest absolute Gasteiger partial charge is 0.261 e. The van der Waals surface area contributed by atoms with Gasteiger partial charge in [0.15, 0.2) is 6.29 Å². The zero-order valence-corrected chi connectivity index (χ0v) is 23.5. The van der Waals surface area contributed by atoms with Gasteiger partial charge in [0, 0.05) is 16.3 Å². The van der Waals surface area contributed by atoms with Crippen LogP contribution in [0, 0.1) is 5.92 Å². The van der Waals surface area contributed by atoms with Crippen LogP contribution in [0.1, 0.15) is 71.5 Å². The van der Waals surface area contributed by atoms with Crippen LogP contribution in [0.2, 0.25) is 0 Å². The van der Waals surface area contributed by atoms with Crippen LogP contribution < -0.4 is 0 Å². The van der Waals surface area contributed by atoms with Gasteiger partial charge in [0.2, 0.25) is 0 Å². The maximum Gasteiger partial charge on any atom is 0.261 e. The second-order valence-electron chi connectivity index (χ2n) is 9.92. The summed E-state index contributed by atoms with van der Waals surface area (Å²) in [5.74, 6) is -0.253. The van der Waals surface area contributed by atoms with E-state index in [0.29, 0.717) is 44.9 Å². The van der Waals surface area contributed by atoms with E-state index in [0.717, 1.165) is 42.4 Å². The Balaban J connectivity index is 1.58. The van der Waals surface area contributed by atoms with E-state index < -0.39 is 0 Å². The summed E-state index contributed by atoms with van der Waals surface area (Å²) < 4.78 is 0. The molecule has 0 bridgehead atoms. The topological polar surface area (TPSA) is 80.2 Å². The van der Waals surface area contributed by atoms with Crippen molar-refractivity contribution in [1.29, 1.82) is 0 Å². The normalized spacial score (nSPS) is 14.3. The number of allylic oxidation sites excluding steroid dienone is 1. The Kier molecular flexibility index (Phi) is 8.51. The third-order valence-corrected chi connectivity index (χ3v) is 8.43. The number of amides is 2. The van der Waals surface area contributed by atoms with Crippen molar-refractivity contribution < 1.29 is 14.4 Å². The lowest BCUT2D eigenvalue weighted by molar-refractivity contribution is -0.103. The van der Waals surface area contributed by atoms with Crippen LogP contribution in [0.25, 0.3) is 21.5 Å². The van der Waals surface area contributed by atoms with E-state index in [1.807, 2.05) is 60.7 Å². The zero-order valence-electron chi connectivity index (χ0n) is 22.7. The largest absolute Gasteiger partial charge is 0.298 e. The lowest BCUT2D eigenvalue weighted by atomic mass is 9.99. The second-order valence-corrected chi connectivity index (χ2v) is 11.0. The first kappa shape index (κ1) is 27.5. The fraction of sp³-hybridized carbons (Fsp3) is 0.242. The van der Waals surface area contributed by atoms with Crippen LogP contribution in [0.4, 0.5) is 0 Å². The number of para-hydroxylation sites is 2. The molecule has 5 rings (SSSR count). The number of hydrogen-bond donors (Lipinski definition) is 0. The molecule has 0 fully saturated rings. The van der Waals surface area contributed by atoms with Gasteiger partial charge in [0.25, 0.3) is 11.8 Å². The Morgan fingerprint density at radius 2 is 1.65 bits per heavy atom. The third-order valence-electron chi connectivity index (χ3n) is 7.27. The van der Waals surface area contributed by atoms with Gasteiger partial charge in [-0.3, -0.25) is 24.3 Å². The number of unbranched alkanes of at least 4 members (excludes halogenated alkanes) is 1. The Hall–Kier alpha value is -4.10. The van der Waals surface area contributed by atoms with E-state index in [1.54, 1.807) is 18.3 Å². The summed E-state index contributed by atoms with van der Waals surface area (Å²) in [7, 11) is 0. The van der Waals surface area contributed by atoms with Crippen LogP contribution in [-0.4, -0.2) is 39.5 Å². The molecule has 2 heterocycles. The first-order chi connectivity index (χ1) is 19.5. The number of carbonyl (C=O) groups is 3. The standard InChI is InChI=1S/C33H31N3O3S/c1-3-5-11-22(4-2)20-36-32(38)25-17-16-23(18-26(25)33(36)39)31(40-24-12-7-6-8-13-24)27(21-37)30-19-34-28-14-9-10-15-29(28)35-30/h6-10,12-19,21-22H,3-5,11,20H2,1-2H3. The highest BCUT2D eigenvalue weighted by molar-refractivity contribution is 8.08. The number of benzene rings is 3. The molecule has 3 aromatic carbocycles. The molecule has 1 unspecified atom stereocenters. The summed E-state index contributed by atoms with van der Waals surface area (Å²) in [4.78, 5) is 51.6. The van der Waals surface area contributed by atoms with Crippen molar-refractivity contribution in [3.63, 3.8) is 0 Å². The van der Waals surface area contributed by atoms with Crippen molar-refractivity contribution in [2.45, 2.75) is 44.4 Å². The monoisotopic (exact) mass is 549 g/mol. The van der Waals surface area contributed by atoms with Gasteiger partial charge in [-0.25, -0.2) is 4.98 Å². The Morgan fingerprint density at radius 3 is 2.38 bits per heavy atom. The van der Waals surface area contributed by atoms with Gasteiger partial charge in [0.1, 0.15) is 0 Å². The zero-order chi connectivity index (χ0) is 28.1. The summed E-state index contributed by atoms with van der Waals surface area (Å²) in [6.45, 7) is 4.67. The highest BCUT2D eigenvalue weighted by atomic mass is 32.2. The summed E-state index contributed by atoms with van der Waals surface area (Å²) >= 11 is 1.42. The number of carbonyl (C=O) groups excluding carboxylic acids is 3. The Labute approximate surface area is 238 Å². The number of imide groups is 1. The molecule has 1 aromatic heterocycles. The van der Waals surface area contributed by atoms with Gasteiger partial charge < -0.3 is 0 Å². The molecule has 1 aliphatic rings. The van der Waals surface area contributed by atoms with E-state index in [4.69, 9.17) is 4.98 Å². The third kappa shape index (κ3) is 5.61. The molecule has 2 amide bonds. The molecule has 6 nitrogen and oxygen atoms in total. The molecule has 40 heavy (non-hydrogen) atoms. The first-order valence-corrected chi connectivity index (χ1v) is 14.5. The molecule has 0 saturated carbocycles. The molecule has 0 radical (unpaired) electrons. The van der Waals surface area contributed by atoms with E-state index in [2.05, 4.69) is 18.8 Å². The van der Waals surface area contributed by atoms with Crippen LogP contribution in [0.5, 0.6) is 0 Å². The minimum Gasteiger partial charge on any atom is -0.298 e. The highest BCUT2D eigenvalue weighted by Gasteiger charge is 2.37. The molecule has 1 aliphatic heterocycles. The first-order valence-electron chi connectivity index (χ1n) is 13.7. The minimum absolute atomic E-state index is 0.251. The summed E-state index contributed by atoms with van der Waals surface area (Å²) in [5.41, 5.74) is 3.67. The number of thioether (sulfide) groups is 1. The van der Waals surface area contributed by atoms with Crippen molar-refractivity contribution in [2.75, 3.05) is 6.54 Å². The molecule has 0 saturated heterocycles. The van der Waals surface area contributed by atoms with Crippen LogP contribution in [-0.2, 0) is 4.79 Å². The second kappa shape index (κ2) is 12.4. The van der Waals surface area contributed by atoms with Gasteiger partial charge >= 0.3 is 0 Å². The van der Waals surface area contributed by atoms with Crippen molar-refractivity contribution >= 4 is 51.4 Å². The molecule has 0 aliphatic carbocycles. The maximum absolute atomic E-state index is 13.5. The van der Waals surface area contributed by atoms with Crippen LogP contribution in [0.3, 0.4) is 0 Å². The van der Waals surface area contributed by atoms with E-state index in [-0.39, 0.29) is 17.7 Å². The van der Waals surface area contributed by atoms with Gasteiger partial charge in [-0.1, -0.05) is 81.3 Å². The number of fused-ring (bicyclic) bond motifs is 2. The molecular weight excluding hydrogens is 518 g/mol. The van der Waals surface area contributed by atoms with E-state index in [9.17, 15) is 14.4 Å². The predicted molar refractivity (Wildman–Crippen MR) is 160 cm³/mol. The quantitative estimate of drug-likeness (QED) is 0.0845. The van der Waals surface area contributed by atoms with Gasteiger partial charge in [-0.15, -0.1) is 0 Å². The molecule has 1 atom stereocenters. The SMILES string of the molecule is CCCCC(CC)CN1C(=O)c2ccc(C(Sc3ccccc3)=C(C=O)c3cnc4ccccc4n3)cc2C1=O. The number of aromatic nitrogens is 2. The van der Waals surface area contributed by atoms with Crippen molar-refractivity contribution in [1.82, 2.24) is 14.9 Å². The molecule has 4 aromatic rings. The van der Waals surface area contributed by atoms with Crippen molar-refractivity contribution in [3.05, 3.63) is 101 Å². The van der Waals surface area contributed by atoms with Crippen LogP contribution in [0.15, 0.2) is 83.9 Å². The molecule has 7 heteroatoms. The number of nitrogens with zero attached hydrogens (tertiary/aromatic N) is 3. The summed E-state index contributed by atoms with van der Waals surface area (Å²) in [6.07, 6.45) is 6.44. The average molecular weight is 550 g/mol. The summed E-state index contributed by atoms with van der Waals surface area (Å²) in [6, 6.07) is 22.5. The van der Waals surface area contributed by atoms with Crippen LogP contribution >= 0.6 is 11.8 Å². The number of hydrogen-bond acceptors (Lipinski definition) is 6. The lowest BCUT2D eigenvalue weighted by Crippen LogP contribution is -2.34. The van der Waals surface area contributed by atoms with Gasteiger partial charge in [0.05, 0.1) is 39.6 Å². The lowest BCUT2D eigenvalue weighted by Gasteiger charge is -2.21. The van der Waals surface area contributed by atoms with Gasteiger partial charge in [-0.05, 0) is 54.3 Å². The Bertz CT molecular complexity index is 1600. The number of aldehydes is 1. The fourth-order valence-corrected chi connectivity index (χ4v) is 6.00. The molecule has 0 spiro atoms. The fourth-order valence-electron chi connectivity index (χ4n) is 4.97. The van der Waals surface area contributed by atoms with Gasteiger partial charge in [-0.2, -0.15) is 0 Å². The van der Waals surface area contributed by atoms with Crippen molar-refractivity contribution in [3.8, 4) is 0 Å². The molecular formula is C33H31N3O3S. The molecule has 202 valence electrons. The average Bonchev–Trinajstić information content (AvgIpc) is 3.23. The molecule has 0 N–H and O–H groups in total. The Morgan fingerprint density at radius 1 is 0.925 bits per heavy atom. The summed E-state index contributed by atoms with van der Waals surface area (Å²) in [5, 5.41) is 0.